The molecule has 130 valence electrons. The van der Waals surface area contributed by atoms with E-state index < -0.39 is 17.7 Å². The number of pyridine rings is 2. The number of imidazole rings is 1. The summed E-state index contributed by atoms with van der Waals surface area (Å²) in [6.45, 7) is 1.68. The van der Waals surface area contributed by atoms with Crippen LogP contribution in [0.5, 0.6) is 0 Å². The molecule has 0 saturated heterocycles. The fourth-order valence-corrected chi connectivity index (χ4v) is 2.54. The molecule has 3 rings (SSSR count). The Kier molecular flexibility index (Phi) is 4.11. The normalized spacial score (nSPS) is 11.9. The number of nitrogens with zero attached hydrogens (tertiary/aromatic N) is 4. The van der Waals surface area contributed by atoms with Crippen LogP contribution in [0.3, 0.4) is 0 Å². The molecule has 0 aliphatic rings. The molecule has 0 aromatic carbocycles. The van der Waals surface area contributed by atoms with E-state index in [0.717, 1.165) is 6.07 Å². The Balaban J connectivity index is 2.04. The lowest BCUT2D eigenvalue weighted by molar-refractivity contribution is -0.137. The van der Waals surface area contributed by atoms with Crippen LogP contribution in [-0.4, -0.2) is 30.6 Å². The van der Waals surface area contributed by atoms with Gasteiger partial charge >= 0.3 is 12.1 Å². The van der Waals surface area contributed by atoms with Gasteiger partial charge in [-0.15, -0.1) is 0 Å². The second kappa shape index (κ2) is 5.99. The summed E-state index contributed by atoms with van der Waals surface area (Å²) in [7, 11) is 0. The summed E-state index contributed by atoms with van der Waals surface area (Å²) < 4.78 is 39.6. The lowest BCUT2D eigenvalue weighted by Crippen LogP contribution is -2.10. The van der Waals surface area contributed by atoms with Crippen LogP contribution >= 0.6 is 11.6 Å². The fraction of sp³-hybridized carbons (Fsp3) is 0.200. The summed E-state index contributed by atoms with van der Waals surface area (Å²) in [6, 6.07) is 3.64. The lowest BCUT2D eigenvalue weighted by atomic mass is 10.2. The molecule has 3 aromatic rings. The van der Waals surface area contributed by atoms with E-state index >= 15 is 0 Å². The van der Waals surface area contributed by atoms with Crippen LogP contribution in [-0.2, 0) is 12.7 Å². The summed E-state index contributed by atoms with van der Waals surface area (Å²) in [5, 5.41) is 8.90. The molecule has 6 nitrogen and oxygen atoms in total. The zero-order valence-electron chi connectivity index (χ0n) is 12.7. The third-order valence-electron chi connectivity index (χ3n) is 3.55. The van der Waals surface area contributed by atoms with Gasteiger partial charge in [-0.1, -0.05) is 11.6 Å². The Labute approximate surface area is 143 Å². The zero-order valence-corrected chi connectivity index (χ0v) is 13.4. The minimum Gasteiger partial charge on any atom is -0.477 e. The maximum absolute atomic E-state index is 12.7. The monoisotopic (exact) mass is 370 g/mol. The van der Waals surface area contributed by atoms with Crippen molar-refractivity contribution in [2.75, 3.05) is 0 Å². The number of carboxylic acid groups (broad SMARTS) is 1. The summed E-state index contributed by atoms with van der Waals surface area (Å²) in [5.41, 5.74) is -0.167. The Bertz CT molecular complexity index is 985. The molecular weight excluding hydrogens is 361 g/mol. The van der Waals surface area contributed by atoms with Crippen molar-refractivity contribution >= 4 is 28.7 Å². The smallest absolute Gasteiger partial charge is 0.417 e. The quantitative estimate of drug-likeness (QED) is 0.762. The number of carbonyl (C=O) groups is 1. The van der Waals surface area contributed by atoms with Gasteiger partial charge in [0.1, 0.15) is 11.3 Å². The number of aryl methyl sites for hydroxylation is 1. The molecule has 3 heterocycles. The Morgan fingerprint density at radius 1 is 1.32 bits per heavy atom. The van der Waals surface area contributed by atoms with Crippen LogP contribution in [0.15, 0.2) is 24.4 Å². The SMILES string of the molecule is Cc1nc2ccc(C(=O)O)nc2n1Cc1ncc(C(F)(F)F)cc1Cl. The van der Waals surface area contributed by atoms with Gasteiger partial charge in [0.15, 0.2) is 11.3 Å². The van der Waals surface area contributed by atoms with Crippen molar-refractivity contribution in [2.45, 2.75) is 19.6 Å². The number of alkyl halides is 3. The van der Waals surface area contributed by atoms with E-state index in [2.05, 4.69) is 15.0 Å². The van der Waals surface area contributed by atoms with Gasteiger partial charge in [0.2, 0.25) is 0 Å². The minimum absolute atomic E-state index is 0.00930. The maximum atomic E-state index is 12.7. The molecule has 3 aromatic heterocycles. The van der Waals surface area contributed by atoms with Crippen LogP contribution < -0.4 is 0 Å². The Morgan fingerprint density at radius 2 is 2.04 bits per heavy atom. The van der Waals surface area contributed by atoms with E-state index in [1.165, 1.54) is 12.1 Å². The van der Waals surface area contributed by atoms with Crippen molar-refractivity contribution in [1.82, 2.24) is 19.5 Å². The number of carboxylic acids is 1. The molecule has 0 amide bonds. The van der Waals surface area contributed by atoms with Crippen molar-refractivity contribution < 1.29 is 23.1 Å². The van der Waals surface area contributed by atoms with E-state index in [-0.39, 0.29) is 28.6 Å². The predicted molar refractivity (Wildman–Crippen MR) is 82.6 cm³/mol. The van der Waals surface area contributed by atoms with E-state index in [9.17, 15) is 18.0 Å². The van der Waals surface area contributed by atoms with E-state index in [4.69, 9.17) is 16.7 Å². The van der Waals surface area contributed by atoms with Gasteiger partial charge in [0.25, 0.3) is 0 Å². The summed E-state index contributed by atoms with van der Waals surface area (Å²) in [6.07, 6.45) is -3.84. The zero-order chi connectivity index (χ0) is 18.4. The number of halogens is 4. The second-order valence-electron chi connectivity index (χ2n) is 5.24. The van der Waals surface area contributed by atoms with Gasteiger partial charge in [0, 0.05) is 6.20 Å². The lowest BCUT2D eigenvalue weighted by Gasteiger charge is -2.11. The third kappa shape index (κ3) is 3.27. The third-order valence-corrected chi connectivity index (χ3v) is 3.88. The van der Waals surface area contributed by atoms with Gasteiger partial charge in [-0.2, -0.15) is 13.2 Å². The second-order valence-corrected chi connectivity index (χ2v) is 5.65. The van der Waals surface area contributed by atoms with Gasteiger partial charge in [0.05, 0.1) is 22.8 Å². The Hall–Kier alpha value is -2.68. The molecule has 1 N–H and O–H groups in total. The number of fused-ring (bicyclic) bond motifs is 1. The highest BCUT2D eigenvalue weighted by Gasteiger charge is 2.31. The van der Waals surface area contributed by atoms with E-state index in [0.29, 0.717) is 17.5 Å². The van der Waals surface area contributed by atoms with Crippen molar-refractivity contribution in [2.24, 2.45) is 0 Å². The first kappa shape index (κ1) is 17.2. The summed E-state index contributed by atoms with van der Waals surface area (Å²) in [5.74, 6) is -0.694. The molecule has 10 heteroatoms. The molecule has 0 fully saturated rings. The first-order valence-corrected chi connectivity index (χ1v) is 7.33. The number of aromatic carboxylic acids is 1. The average Bonchev–Trinajstić information content (AvgIpc) is 2.83. The molecule has 0 radical (unpaired) electrons. The molecular formula is C15H10ClF3N4O2. The molecule has 0 saturated carbocycles. The molecule has 0 spiro atoms. The average molecular weight is 371 g/mol. The van der Waals surface area contributed by atoms with Gasteiger partial charge in [-0.3, -0.25) is 4.98 Å². The standard InChI is InChI=1S/C15H10ClF3N4O2/c1-7-21-10-2-3-11(14(24)25)22-13(10)23(7)6-12-9(16)4-8(5-20-12)15(17,18)19/h2-5H,6H2,1H3,(H,24,25). The topological polar surface area (TPSA) is 80.9 Å². The summed E-state index contributed by atoms with van der Waals surface area (Å²) in [4.78, 5) is 23.1. The maximum Gasteiger partial charge on any atom is 0.417 e. The van der Waals surface area contributed by atoms with E-state index in [1.807, 2.05) is 0 Å². The molecule has 25 heavy (non-hydrogen) atoms. The van der Waals surface area contributed by atoms with Crippen molar-refractivity contribution in [1.29, 1.82) is 0 Å². The van der Waals surface area contributed by atoms with Crippen LogP contribution in [0, 0.1) is 6.92 Å². The van der Waals surface area contributed by atoms with Crippen LogP contribution in [0.25, 0.3) is 11.2 Å². The highest BCUT2D eigenvalue weighted by Crippen LogP contribution is 2.31. The first-order valence-electron chi connectivity index (χ1n) is 6.95. The van der Waals surface area contributed by atoms with Crippen molar-refractivity contribution in [3.63, 3.8) is 0 Å². The Morgan fingerprint density at radius 3 is 2.64 bits per heavy atom. The fourth-order valence-electron chi connectivity index (χ4n) is 2.31. The molecule has 0 unspecified atom stereocenters. The van der Waals surface area contributed by atoms with Crippen LogP contribution in [0.1, 0.15) is 27.6 Å². The summed E-state index contributed by atoms with van der Waals surface area (Å²) >= 11 is 5.93. The number of aromatic nitrogens is 4. The van der Waals surface area contributed by atoms with Crippen LogP contribution in [0.4, 0.5) is 13.2 Å². The molecule has 0 atom stereocenters. The van der Waals surface area contributed by atoms with Gasteiger partial charge < -0.3 is 9.67 Å². The molecule has 0 bridgehead atoms. The number of hydrogen-bond acceptors (Lipinski definition) is 4. The van der Waals surface area contributed by atoms with Crippen LogP contribution in [0.2, 0.25) is 5.02 Å². The predicted octanol–water partition coefficient (Wildman–Crippen LogP) is 3.55. The number of hydrogen-bond donors (Lipinski definition) is 1. The highest BCUT2D eigenvalue weighted by atomic mass is 35.5. The number of rotatable bonds is 3. The first-order chi connectivity index (χ1) is 11.7. The molecule has 0 aliphatic carbocycles. The van der Waals surface area contributed by atoms with Crippen molar-refractivity contribution in [3.8, 4) is 0 Å². The van der Waals surface area contributed by atoms with Gasteiger partial charge in [-0.25, -0.2) is 14.8 Å². The van der Waals surface area contributed by atoms with E-state index in [1.54, 1.807) is 11.5 Å². The van der Waals surface area contributed by atoms with Gasteiger partial charge in [-0.05, 0) is 25.1 Å². The minimum atomic E-state index is -4.54. The van der Waals surface area contributed by atoms with Crippen molar-refractivity contribution in [3.05, 3.63) is 52.2 Å². The largest absolute Gasteiger partial charge is 0.477 e. The molecule has 0 aliphatic heterocycles. The highest BCUT2D eigenvalue weighted by molar-refractivity contribution is 6.31.